The molecule has 0 bridgehead atoms. The van der Waals surface area contributed by atoms with Crippen LogP contribution < -0.4 is 10.2 Å². The smallest absolute Gasteiger partial charge is 0.251 e. The fraction of sp³-hybridized carbons (Fsp3) is 0.320. The van der Waals surface area contributed by atoms with Crippen molar-refractivity contribution >= 4 is 22.9 Å². The van der Waals surface area contributed by atoms with Gasteiger partial charge in [0.15, 0.2) is 0 Å². The molecule has 2 aliphatic rings. The highest BCUT2D eigenvalue weighted by atomic mass is 32.1. The summed E-state index contributed by atoms with van der Waals surface area (Å²) in [6.07, 6.45) is 1.14. The Bertz CT molecular complexity index is 1030. The number of thiophene rings is 1. The molecule has 1 atom stereocenters. The number of likely N-dealkylation sites (tertiary alicyclic amines) is 1. The number of nitrogens with zero attached hydrogens (tertiary/aromatic N) is 2. The molecule has 3 heterocycles. The van der Waals surface area contributed by atoms with Crippen LogP contribution in [0.25, 0.3) is 0 Å². The van der Waals surface area contributed by atoms with Gasteiger partial charge in [-0.05, 0) is 60.8 Å². The number of carbonyl (C=O) groups excluding carboxylic acids is 1. The van der Waals surface area contributed by atoms with Crippen LogP contribution >= 0.6 is 11.3 Å². The van der Waals surface area contributed by atoms with Crippen LogP contribution in [0.15, 0.2) is 66.0 Å². The Kier molecular flexibility index (Phi) is 5.09. The van der Waals surface area contributed by atoms with Crippen molar-refractivity contribution in [2.75, 3.05) is 31.6 Å². The molecule has 5 rings (SSSR count). The van der Waals surface area contributed by atoms with Gasteiger partial charge < -0.3 is 15.1 Å². The van der Waals surface area contributed by atoms with Gasteiger partial charge in [-0.15, -0.1) is 11.3 Å². The van der Waals surface area contributed by atoms with E-state index in [-0.39, 0.29) is 11.3 Å². The predicted octanol–water partition coefficient (Wildman–Crippen LogP) is 4.27. The second-order valence-electron chi connectivity index (χ2n) is 8.60. The zero-order valence-corrected chi connectivity index (χ0v) is 18.1. The molecular formula is C25H27N3OS. The zero-order chi connectivity index (χ0) is 20.6. The van der Waals surface area contributed by atoms with Gasteiger partial charge in [-0.1, -0.05) is 36.4 Å². The molecule has 3 aromatic rings. The molecule has 0 aliphatic carbocycles. The quantitative estimate of drug-likeness (QED) is 0.673. The maximum atomic E-state index is 12.8. The highest BCUT2D eigenvalue weighted by molar-refractivity contribution is 7.09. The second-order valence-corrected chi connectivity index (χ2v) is 9.64. The summed E-state index contributed by atoms with van der Waals surface area (Å²) < 4.78 is 0. The van der Waals surface area contributed by atoms with Crippen molar-refractivity contribution < 1.29 is 4.79 Å². The van der Waals surface area contributed by atoms with E-state index in [0.29, 0.717) is 6.54 Å². The number of hydrogen-bond donors (Lipinski definition) is 1. The summed E-state index contributed by atoms with van der Waals surface area (Å²) >= 11 is 1.67. The Morgan fingerprint density at radius 1 is 1.10 bits per heavy atom. The van der Waals surface area contributed by atoms with Crippen molar-refractivity contribution in [2.45, 2.75) is 24.9 Å². The first-order chi connectivity index (χ1) is 14.6. The van der Waals surface area contributed by atoms with Gasteiger partial charge in [-0.3, -0.25) is 4.79 Å². The van der Waals surface area contributed by atoms with Crippen LogP contribution in [0.4, 0.5) is 5.69 Å². The molecular weight excluding hydrogens is 390 g/mol. The van der Waals surface area contributed by atoms with Crippen LogP contribution in [-0.4, -0.2) is 37.5 Å². The van der Waals surface area contributed by atoms with Crippen molar-refractivity contribution in [3.05, 3.63) is 87.6 Å². The molecule has 1 N–H and O–H groups in total. The lowest BCUT2D eigenvalue weighted by atomic mass is 9.81. The Labute approximate surface area is 182 Å². The molecule has 1 aromatic heterocycles. The van der Waals surface area contributed by atoms with E-state index in [2.05, 4.69) is 70.7 Å². The van der Waals surface area contributed by atoms with Crippen LogP contribution in [0.1, 0.15) is 32.8 Å². The van der Waals surface area contributed by atoms with Crippen molar-refractivity contribution in [2.24, 2.45) is 0 Å². The minimum Gasteiger partial charge on any atom is -0.366 e. The normalized spacial score (nSPS) is 20.6. The topological polar surface area (TPSA) is 35.6 Å². The maximum Gasteiger partial charge on any atom is 0.251 e. The fourth-order valence-corrected chi connectivity index (χ4v) is 5.61. The van der Waals surface area contributed by atoms with E-state index in [1.165, 1.54) is 21.7 Å². The number of fused-ring (bicyclic) bond motifs is 2. The molecule has 1 spiro atoms. The van der Waals surface area contributed by atoms with E-state index in [1.807, 2.05) is 17.5 Å². The summed E-state index contributed by atoms with van der Waals surface area (Å²) in [5.74, 6) is 0.00853. The molecule has 30 heavy (non-hydrogen) atoms. The van der Waals surface area contributed by atoms with E-state index < -0.39 is 0 Å². The van der Waals surface area contributed by atoms with Crippen LogP contribution in [0, 0.1) is 0 Å². The highest BCUT2D eigenvalue weighted by Crippen LogP contribution is 2.47. The van der Waals surface area contributed by atoms with Crippen LogP contribution in [-0.2, 0) is 18.5 Å². The van der Waals surface area contributed by atoms with Crippen molar-refractivity contribution in [1.29, 1.82) is 0 Å². The van der Waals surface area contributed by atoms with Crippen molar-refractivity contribution in [3.8, 4) is 0 Å². The van der Waals surface area contributed by atoms with Crippen LogP contribution in [0.3, 0.4) is 0 Å². The highest BCUT2D eigenvalue weighted by Gasteiger charge is 2.46. The van der Waals surface area contributed by atoms with Gasteiger partial charge in [0.05, 0.1) is 6.54 Å². The maximum absolute atomic E-state index is 12.8. The van der Waals surface area contributed by atoms with Gasteiger partial charge in [0.25, 0.3) is 5.91 Å². The molecule has 1 saturated heterocycles. The van der Waals surface area contributed by atoms with Crippen LogP contribution in [0.5, 0.6) is 0 Å². The van der Waals surface area contributed by atoms with Gasteiger partial charge in [0, 0.05) is 41.2 Å². The lowest BCUT2D eigenvalue weighted by molar-refractivity contribution is 0.0951. The largest absolute Gasteiger partial charge is 0.366 e. The minimum absolute atomic E-state index is 0.00853. The summed E-state index contributed by atoms with van der Waals surface area (Å²) in [5, 5.41) is 5.12. The number of carbonyl (C=O) groups is 1. The lowest BCUT2D eigenvalue weighted by Crippen LogP contribution is -2.35. The number of hydrogen-bond acceptors (Lipinski definition) is 4. The van der Waals surface area contributed by atoms with Crippen molar-refractivity contribution in [1.82, 2.24) is 10.2 Å². The molecule has 2 aromatic carbocycles. The summed E-state index contributed by atoms with van der Waals surface area (Å²) in [6, 6.07) is 21.0. The number of amides is 1. The Morgan fingerprint density at radius 2 is 1.97 bits per heavy atom. The first kappa shape index (κ1) is 19.3. The van der Waals surface area contributed by atoms with Crippen molar-refractivity contribution in [3.63, 3.8) is 0 Å². The van der Waals surface area contributed by atoms with E-state index in [9.17, 15) is 4.79 Å². The second kappa shape index (κ2) is 7.89. The van der Waals surface area contributed by atoms with E-state index in [4.69, 9.17) is 0 Å². The first-order valence-corrected chi connectivity index (χ1v) is 11.4. The summed E-state index contributed by atoms with van der Waals surface area (Å²) in [5.41, 5.74) is 4.82. The van der Waals surface area contributed by atoms with Gasteiger partial charge in [-0.2, -0.15) is 0 Å². The number of anilines is 1. The Hall–Kier alpha value is -2.63. The molecule has 1 unspecified atom stereocenters. The summed E-state index contributed by atoms with van der Waals surface area (Å²) in [4.78, 5) is 18.9. The fourth-order valence-electron chi connectivity index (χ4n) is 4.97. The number of rotatable bonds is 5. The van der Waals surface area contributed by atoms with E-state index in [1.54, 1.807) is 11.3 Å². The third-order valence-electron chi connectivity index (χ3n) is 6.43. The third-order valence-corrected chi connectivity index (χ3v) is 7.30. The predicted molar refractivity (Wildman–Crippen MR) is 123 cm³/mol. The average molecular weight is 418 g/mol. The monoisotopic (exact) mass is 417 g/mol. The number of likely N-dealkylation sites (N-methyl/N-ethyl adjacent to an activating group) is 1. The lowest BCUT2D eigenvalue weighted by Gasteiger charge is -2.26. The SMILES string of the molecule is CN1CCC2(C1)CN(Cc1ccccc1)c1ccc(C(=O)NCc3cccs3)cc12. The Morgan fingerprint density at radius 3 is 2.70 bits per heavy atom. The minimum atomic E-state index is 0.00853. The number of nitrogens with one attached hydrogen (secondary N) is 1. The van der Waals surface area contributed by atoms with Gasteiger partial charge in [-0.25, -0.2) is 0 Å². The van der Waals surface area contributed by atoms with E-state index >= 15 is 0 Å². The molecule has 5 heteroatoms. The summed E-state index contributed by atoms with van der Waals surface area (Å²) in [6.45, 7) is 4.66. The molecule has 2 aliphatic heterocycles. The van der Waals surface area contributed by atoms with Crippen LogP contribution in [0.2, 0.25) is 0 Å². The van der Waals surface area contributed by atoms with Gasteiger partial charge in [0.1, 0.15) is 0 Å². The van der Waals surface area contributed by atoms with Gasteiger partial charge in [0.2, 0.25) is 0 Å². The zero-order valence-electron chi connectivity index (χ0n) is 17.3. The average Bonchev–Trinajstić information content (AvgIpc) is 3.48. The molecule has 1 amide bonds. The summed E-state index contributed by atoms with van der Waals surface area (Å²) in [7, 11) is 2.20. The molecule has 4 nitrogen and oxygen atoms in total. The third kappa shape index (κ3) is 3.64. The van der Waals surface area contributed by atoms with Gasteiger partial charge >= 0.3 is 0 Å². The molecule has 1 fully saturated rings. The first-order valence-electron chi connectivity index (χ1n) is 10.6. The van der Waals surface area contributed by atoms with E-state index in [0.717, 1.165) is 38.2 Å². The molecule has 0 saturated carbocycles. The molecule has 0 radical (unpaired) electrons. The molecule has 154 valence electrons. The standard InChI is InChI=1S/C25H27N3OS/c1-27-12-11-25(17-27)18-28(16-19-6-3-2-4-7-19)23-10-9-20(14-22(23)25)24(29)26-15-21-8-5-13-30-21/h2-10,13-14H,11-12,15-18H2,1H3,(H,26,29). The number of benzene rings is 2. The Balaban J connectivity index is 1.43.